The third-order valence-corrected chi connectivity index (χ3v) is 3.29. The smallest absolute Gasteiger partial charge is 0.303 e. The van der Waals surface area contributed by atoms with Gasteiger partial charge in [-0.2, -0.15) is 8.42 Å². The first kappa shape index (κ1) is 13.4. The molecule has 0 saturated carbocycles. The summed E-state index contributed by atoms with van der Waals surface area (Å²) in [7, 11) is -4.10. The summed E-state index contributed by atoms with van der Waals surface area (Å²) in [4.78, 5) is 10.2. The Hall–Kier alpha value is -0.620. The third-order valence-electron chi connectivity index (χ3n) is 1.98. The van der Waals surface area contributed by atoms with Crippen molar-refractivity contribution in [1.82, 2.24) is 0 Å². The summed E-state index contributed by atoms with van der Waals surface area (Å²) in [6.45, 7) is 1.90. The summed E-state index contributed by atoms with van der Waals surface area (Å²) >= 11 is 0. The van der Waals surface area contributed by atoms with Crippen LogP contribution < -0.4 is 0 Å². The number of hydrogen-bond acceptors (Lipinski definition) is 3. The molecule has 0 heterocycles. The molecule has 14 heavy (non-hydrogen) atoms. The van der Waals surface area contributed by atoms with E-state index in [0.29, 0.717) is 12.8 Å². The van der Waals surface area contributed by atoms with E-state index in [1.807, 2.05) is 6.92 Å². The van der Waals surface area contributed by atoms with Crippen molar-refractivity contribution in [2.75, 3.05) is 0 Å². The van der Waals surface area contributed by atoms with Crippen LogP contribution in [0.4, 0.5) is 0 Å². The summed E-state index contributed by atoms with van der Waals surface area (Å²) in [5.74, 6) is -1.05. The van der Waals surface area contributed by atoms with E-state index in [1.54, 1.807) is 0 Å². The van der Waals surface area contributed by atoms with E-state index >= 15 is 0 Å². The topological polar surface area (TPSA) is 91.7 Å². The molecular weight excluding hydrogens is 208 g/mol. The predicted octanol–water partition coefficient (Wildman–Crippen LogP) is 1.30. The Labute approximate surface area is 83.9 Å². The zero-order valence-electron chi connectivity index (χ0n) is 8.14. The molecule has 0 amide bonds. The van der Waals surface area contributed by atoms with Crippen LogP contribution in [0.3, 0.4) is 0 Å². The maximum Gasteiger partial charge on any atom is 0.303 e. The first-order chi connectivity index (χ1) is 6.38. The van der Waals surface area contributed by atoms with Gasteiger partial charge in [0, 0.05) is 6.42 Å². The second kappa shape index (κ2) is 5.98. The number of rotatable bonds is 7. The fourth-order valence-electron chi connectivity index (χ4n) is 1.16. The molecule has 0 bridgehead atoms. The SMILES string of the molecule is CCCCC(CCC(=O)O)S(=O)(=O)O. The van der Waals surface area contributed by atoms with Crippen LogP contribution in [0.15, 0.2) is 0 Å². The highest BCUT2D eigenvalue weighted by molar-refractivity contribution is 7.86. The van der Waals surface area contributed by atoms with Gasteiger partial charge < -0.3 is 5.11 Å². The van der Waals surface area contributed by atoms with E-state index in [4.69, 9.17) is 9.66 Å². The molecule has 0 aliphatic rings. The summed E-state index contributed by atoms with van der Waals surface area (Å²) in [6.07, 6.45) is 1.56. The minimum absolute atomic E-state index is 0.0197. The molecule has 0 aromatic heterocycles. The molecule has 1 unspecified atom stereocenters. The molecule has 0 rings (SSSR count). The number of carboxylic acids is 1. The Balaban J connectivity index is 4.19. The normalized spacial score (nSPS) is 13.9. The second-order valence-electron chi connectivity index (χ2n) is 3.21. The molecule has 84 valence electrons. The van der Waals surface area contributed by atoms with Crippen molar-refractivity contribution in [2.45, 2.75) is 44.3 Å². The standard InChI is InChI=1S/C8H16O5S/c1-2-3-4-7(14(11,12)13)5-6-8(9)10/h7H,2-6H2,1H3,(H,9,10)(H,11,12,13). The van der Waals surface area contributed by atoms with E-state index in [2.05, 4.69) is 0 Å². The Morgan fingerprint density at radius 1 is 1.36 bits per heavy atom. The van der Waals surface area contributed by atoms with Crippen LogP contribution in [0.1, 0.15) is 39.0 Å². The van der Waals surface area contributed by atoms with Gasteiger partial charge in [-0.05, 0) is 12.8 Å². The molecule has 1 atom stereocenters. The zero-order chi connectivity index (χ0) is 11.2. The van der Waals surface area contributed by atoms with Crippen LogP contribution in [0.2, 0.25) is 0 Å². The van der Waals surface area contributed by atoms with Crippen LogP contribution in [0.5, 0.6) is 0 Å². The lowest BCUT2D eigenvalue weighted by atomic mass is 10.1. The molecule has 0 radical (unpaired) electrons. The van der Waals surface area contributed by atoms with Gasteiger partial charge >= 0.3 is 5.97 Å². The molecule has 0 fully saturated rings. The number of carbonyl (C=O) groups is 1. The summed E-state index contributed by atoms with van der Waals surface area (Å²) in [6, 6.07) is 0. The first-order valence-electron chi connectivity index (χ1n) is 4.56. The maximum atomic E-state index is 10.8. The van der Waals surface area contributed by atoms with Gasteiger partial charge in [-0.25, -0.2) is 0 Å². The van der Waals surface area contributed by atoms with Gasteiger partial charge in [0.25, 0.3) is 10.1 Å². The van der Waals surface area contributed by atoms with Crippen LogP contribution in [0, 0.1) is 0 Å². The lowest BCUT2D eigenvalue weighted by Gasteiger charge is -2.11. The van der Waals surface area contributed by atoms with Gasteiger partial charge in [0.05, 0.1) is 5.25 Å². The molecule has 0 aromatic rings. The lowest BCUT2D eigenvalue weighted by Crippen LogP contribution is -2.21. The van der Waals surface area contributed by atoms with E-state index in [0.717, 1.165) is 6.42 Å². The van der Waals surface area contributed by atoms with Crippen LogP contribution >= 0.6 is 0 Å². The van der Waals surface area contributed by atoms with Crippen molar-refractivity contribution in [2.24, 2.45) is 0 Å². The van der Waals surface area contributed by atoms with Crippen molar-refractivity contribution >= 4 is 16.1 Å². The second-order valence-corrected chi connectivity index (χ2v) is 4.91. The first-order valence-corrected chi connectivity index (χ1v) is 6.06. The average Bonchev–Trinajstić information content (AvgIpc) is 2.01. The zero-order valence-corrected chi connectivity index (χ0v) is 8.96. The van der Waals surface area contributed by atoms with Crippen LogP contribution in [-0.2, 0) is 14.9 Å². The maximum absolute atomic E-state index is 10.8. The molecular formula is C8H16O5S. The quantitative estimate of drug-likeness (QED) is 0.636. The molecule has 0 aliphatic carbocycles. The van der Waals surface area contributed by atoms with Crippen molar-refractivity contribution < 1.29 is 22.9 Å². The minimum Gasteiger partial charge on any atom is -0.481 e. The van der Waals surface area contributed by atoms with Crippen molar-refractivity contribution in [3.05, 3.63) is 0 Å². The molecule has 5 nitrogen and oxygen atoms in total. The highest BCUT2D eigenvalue weighted by Crippen LogP contribution is 2.14. The largest absolute Gasteiger partial charge is 0.481 e. The molecule has 0 aliphatic heterocycles. The molecule has 2 N–H and O–H groups in total. The molecule has 6 heteroatoms. The van der Waals surface area contributed by atoms with Gasteiger partial charge in [0.1, 0.15) is 0 Å². The number of aliphatic carboxylic acids is 1. The van der Waals surface area contributed by atoms with E-state index in [9.17, 15) is 13.2 Å². The predicted molar refractivity (Wildman–Crippen MR) is 51.7 cm³/mol. The van der Waals surface area contributed by atoms with Crippen LogP contribution in [0.25, 0.3) is 0 Å². The third kappa shape index (κ3) is 5.93. The summed E-state index contributed by atoms with van der Waals surface area (Å²) in [5.41, 5.74) is 0. The fraction of sp³-hybridized carbons (Fsp3) is 0.875. The minimum atomic E-state index is -4.10. The van der Waals surface area contributed by atoms with E-state index < -0.39 is 21.3 Å². The Bertz CT molecular complexity index is 269. The van der Waals surface area contributed by atoms with E-state index in [-0.39, 0.29) is 12.8 Å². The van der Waals surface area contributed by atoms with Gasteiger partial charge in [0.2, 0.25) is 0 Å². The molecule has 0 saturated heterocycles. The molecule has 0 aromatic carbocycles. The van der Waals surface area contributed by atoms with Gasteiger partial charge in [0.15, 0.2) is 0 Å². The number of hydrogen-bond donors (Lipinski definition) is 2. The lowest BCUT2D eigenvalue weighted by molar-refractivity contribution is -0.137. The Morgan fingerprint density at radius 2 is 1.93 bits per heavy atom. The van der Waals surface area contributed by atoms with Gasteiger partial charge in [-0.3, -0.25) is 9.35 Å². The Kier molecular flexibility index (Phi) is 5.71. The Morgan fingerprint density at radius 3 is 2.29 bits per heavy atom. The van der Waals surface area contributed by atoms with Gasteiger partial charge in [-0.1, -0.05) is 19.8 Å². The van der Waals surface area contributed by atoms with Crippen molar-refractivity contribution in [1.29, 1.82) is 0 Å². The number of carboxylic acid groups (broad SMARTS) is 1. The van der Waals surface area contributed by atoms with E-state index in [1.165, 1.54) is 0 Å². The average molecular weight is 224 g/mol. The highest BCUT2D eigenvalue weighted by Gasteiger charge is 2.22. The van der Waals surface area contributed by atoms with Crippen LogP contribution in [-0.4, -0.2) is 29.3 Å². The molecule has 0 spiro atoms. The van der Waals surface area contributed by atoms with Crippen molar-refractivity contribution in [3.63, 3.8) is 0 Å². The summed E-state index contributed by atoms with van der Waals surface area (Å²) < 4.78 is 30.4. The monoisotopic (exact) mass is 224 g/mol. The van der Waals surface area contributed by atoms with Crippen molar-refractivity contribution in [3.8, 4) is 0 Å². The number of unbranched alkanes of at least 4 members (excludes halogenated alkanes) is 1. The highest BCUT2D eigenvalue weighted by atomic mass is 32.2. The fourth-order valence-corrected chi connectivity index (χ4v) is 2.04. The summed E-state index contributed by atoms with van der Waals surface area (Å²) in [5, 5.41) is 7.45. The van der Waals surface area contributed by atoms with Gasteiger partial charge in [-0.15, -0.1) is 0 Å².